The monoisotopic (exact) mass is 328 g/mol. The second-order valence-corrected chi connectivity index (χ2v) is 6.19. The van der Waals surface area contributed by atoms with Crippen molar-refractivity contribution in [3.63, 3.8) is 0 Å². The molecule has 0 saturated carbocycles. The molecule has 2 N–H and O–H groups in total. The Labute approximate surface area is 142 Å². The predicted octanol–water partition coefficient (Wildman–Crippen LogP) is 2.58. The molecule has 0 bridgehead atoms. The molecular formula is C18H24N4O2. The average molecular weight is 328 g/mol. The fraction of sp³-hybridized carbons (Fsp3) is 0.444. The number of benzene rings is 1. The van der Waals surface area contributed by atoms with Gasteiger partial charge in [0.15, 0.2) is 5.96 Å². The summed E-state index contributed by atoms with van der Waals surface area (Å²) >= 11 is 0. The topological polar surface area (TPSA) is 71.7 Å². The molecule has 1 fully saturated rings. The minimum atomic E-state index is -0.105. The van der Waals surface area contributed by atoms with E-state index in [1.54, 1.807) is 13.3 Å². The van der Waals surface area contributed by atoms with Crippen molar-refractivity contribution in [2.75, 3.05) is 20.2 Å². The van der Waals surface area contributed by atoms with E-state index in [4.69, 9.17) is 9.15 Å². The fourth-order valence-electron chi connectivity index (χ4n) is 2.74. The Morgan fingerprint density at radius 2 is 2.12 bits per heavy atom. The van der Waals surface area contributed by atoms with E-state index >= 15 is 0 Å². The minimum absolute atomic E-state index is 0.105. The number of hydrogen-bond donors (Lipinski definition) is 2. The van der Waals surface area contributed by atoms with Crippen LogP contribution in [0.5, 0.6) is 0 Å². The Kier molecular flexibility index (Phi) is 5.15. The minimum Gasteiger partial charge on any atom is -0.444 e. The molecule has 1 aliphatic rings. The van der Waals surface area contributed by atoms with Gasteiger partial charge >= 0.3 is 0 Å². The highest BCUT2D eigenvalue weighted by Gasteiger charge is 2.29. The summed E-state index contributed by atoms with van der Waals surface area (Å²) in [5, 5.41) is 6.57. The van der Waals surface area contributed by atoms with E-state index in [-0.39, 0.29) is 5.60 Å². The van der Waals surface area contributed by atoms with Gasteiger partial charge in [0.25, 0.3) is 0 Å². The van der Waals surface area contributed by atoms with Crippen LogP contribution in [0.3, 0.4) is 0 Å². The number of aliphatic imine (C=N–C) groups is 1. The summed E-state index contributed by atoms with van der Waals surface area (Å²) < 4.78 is 11.3. The molecule has 128 valence electrons. The normalized spacial score (nSPS) is 21.0. The van der Waals surface area contributed by atoms with Crippen LogP contribution in [0.1, 0.15) is 25.5 Å². The molecule has 1 unspecified atom stereocenters. The Morgan fingerprint density at radius 1 is 1.29 bits per heavy atom. The summed E-state index contributed by atoms with van der Waals surface area (Å²) in [6.07, 6.45) is 3.86. The van der Waals surface area contributed by atoms with Gasteiger partial charge in [0, 0.05) is 25.8 Å². The van der Waals surface area contributed by atoms with Crippen molar-refractivity contribution < 1.29 is 9.15 Å². The largest absolute Gasteiger partial charge is 0.444 e. The number of guanidine groups is 1. The van der Waals surface area contributed by atoms with Crippen molar-refractivity contribution in [1.29, 1.82) is 0 Å². The van der Waals surface area contributed by atoms with E-state index in [0.29, 0.717) is 12.4 Å². The lowest BCUT2D eigenvalue weighted by Crippen LogP contribution is -2.45. The lowest BCUT2D eigenvalue weighted by atomic mass is 10.0. The van der Waals surface area contributed by atoms with E-state index in [1.165, 1.54) is 0 Å². The molecule has 24 heavy (non-hydrogen) atoms. The maximum atomic E-state index is 5.78. The van der Waals surface area contributed by atoms with Crippen molar-refractivity contribution in [2.24, 2.45) is 4.99 Å². The molecule has 6 nitrogen and oxygen atoms in total. The van der Waals surface area contributed by atoms with Crippen molar-refractivity contribution >= 4 is 5.96 Å². The van der Waals surface area contributed by atoms with Crippen molar-refractivity contribution in [3.05, 3.63) is 42.3 Å². The molecule has 2 aromatic rings. The van der Waals surface area contributed by atoms with Crippen molar-refractivity contribution in [2.45, 2.75) is 31.9 Å². The summed E-state index contributed by atoms with van der Waals surface area (Å²) in [5.74, 6) is 1.36. The number of rotatable bonds is 5. The maximum absolute atomic E-state index is 5.78. The Hall–Kier alpha value is -2.34. The molecule has 3 rings (SSSR count). The van der Waals surface area contributed by atoms with Crippen LogP contribution in [0.15, 0.2) is 46.0 Å². The van der Waals surface area contributed by atoms with Crippen molar-refractivity contribution in [1.82, 2.24) is 15.6 Å². The van der Waals surface area contributed by atoms with Gasteiger partial charge < -0.3 is 19.8 Å². The molecule has 0 radical (unpaired) electrons. The predicted molar refractivity (Wildman–Crippen MR) is 93.7 cm³/mol. The molecule has 1 aromatic heterocycles. The molecule has 0 aliphatic carbocycles. The summed E-state index contributed by atoms with van der Waals surface area (Å²) in [6.45, 7) is 4.25. The SMILES string of the molecule is CN=C(NCc1coc(-c2ccccc2)n1)NCC1(C)CCCO1. The van der Waals surface area contributed by atoms with Gasteiger partial charge in [-0.2, -0.15) is 0 Å². The van der Waals surface area contributed by atoms with E-state index in [1.807, 2.05) is 30.3 Å². The van der Waals surface area contributed by atoms with Crippen LogP contribution in [-0.2, 0) is 11.3 Å². The number of oxazole rings is 1. The number of hydrogen-bond acceptors (Lipinski definition) is 4. The first-order valence-electron chi connectivity index (χ1n) is 8.27. The lowest BCUT2D eigenvalue weighted by Gasteiger charge is -2.24. The van der Waals surface area contributed by atoms with Gasteiger partial charge in [-0.15, -0.1) is 0 Å². The van der Waals surface area contributed by atoms with E-state index in [0.717, 1.165) is 43.2 Å². The molecule has 1 saturated heterocycles. The first-order valence-corrected chi connectivity index (χ1v) is 8.27. The third kappa shape index (κ3) is 4.14. The third-order valence-electron chi connectivity index (χ3n) is 4.16. The van der Waals surface area contributed by atoms with Gasteiger partial charge in [0.05, 0.1) is 17.8 Å². The number of aromatic nitrogens is 1. The first-order chi connectivity index (χ1) is 11.7. The zero-order chi connectivity index (χ0) is 16.8. The van der Waals surface area contributed by atoms with E-state index in [2.05, 4.69) is 27.5 Å². The van der Waals surface area contributed by atoms with Crippen LogP contribution in [0.4, 0.5) is 0 Å². The van der Waals surface area contributed by atoms with Crippen LogP contribution in [0.25, 0.3) is 11.5 Å². The average Bonchev–Trinajstić information content (AvgIpc) is 3.26. The van der Waals surface area contributed by atoms with Crippen LogP contribution < -0.4 is 10.6 Å². The molecule has 1 atom stereocenters. The van der Waals surface area contributed by atoms with Gasteiger partial charge in [0.1, 0.15) is 6.26 Å². The zero-order valence-corrected chi connectivity index (χ0v) is 14.2. The maximum Gasteiger partial charge on any atom is 0.226 e. The van der Waals surface area contributed by atoms with Crippen molar-refractivity contribution in [3.8, 4) is 11.5 Å². The lowest BCUT2D eigenvalue weighted by molar-refractivity contribution is 0.0243. The molecule has 1 aromatic carbocycles. The zero-order valence-electron chi connectivity index (χ0n) is 14.2. The Bertz CT molecular complexity index is 675. The van der Waals surface area contributed by atoms with E-state index < -0.39 is 0 Å². The van der Waals surface area contributed by atoms with Crippen LogP contribution in [0.2, 0.25) is 0 Å². The highest BCUT2D eigenvalue weighted by Crippen LogP contribution is 2.23. The van der Waals surface area contributed by atoms with Gasteiger partial charge in [-0.05, 0) is 31.9 Å². The Morgan fingerprint density at radius 3 is 2.83 bits per heavy atom. The molecule has 0 amide bonds. The summed E-state index contributed by atoms with van der Waals surface area (Å²) in [4.78, 5) is 8.74. The first kappa shape index (κ1) is 16.5. The molecule has 0 spiro atoms. The highest BCUT2D eigenvalue weighted by molar-refractivity contribution is 5.79. The summed E-state index contributed by atoms with van der Waals surface area (Å²) in [5.41, 5.74) is 1.70. The summed E-state index contributed by atoms with van der Waals surface area (Å²) in [6, 6.07) is 9.86. The molecule has 2 heterocycles. The highest BCUT2D eigenvalue weighted by atomic mass is 16.5. The molecular weight excluding hydrogens is 304 g/mol. The van der Waals surface area contributed by atoms with Crippen LogP contribution >= 0.6 is 0 Å². The van der Waals surface area contributed by atoms with Gasteiger partial charge in [0.2, 0.25) is 5.89 Å². The summed E-state index contributed by atoms with van der Waals surface area (Å²) in [7, 11) is 1.76. The second kappa shape index (κ2) is 7.49. The van der Waals surface area contributed by atoms with Crippen LogP contribution in [0, 0.1) is 0 Å². The van der Waals surface area contributed by atoms with Crippen LogP contribution in [-0.4, -0.2) is 36.7 Å². The number of ether oxygens (including phenoxy) is 1. The van der Waals surface area contributed by atoms with Gasteiger partial charge in [-0.25, -0.2) is 4.98 Å². The molecule has 1 aliphatic heterocycles. The fourth-order valence-corrected chi connectivity index (χ4v) is 2.74. The van der Waals surface area contributed by atoms with Gasteiger partial charge in [-0.1, -0.05) is 18.2 Å². The molecule has 6 heteroatoms. The quantitative estimate of drug-likeness (QED) is 0.652. The third-order valence-corrected chi connectivity index (χ3v) is 4.16. The van der Waals surface area contributed by atoms with Gasteiger partial charge in [-0.3, -0.25) is 4.99 Å². The smallest absolute Gasteiger partial charge is 0.226 e. The second-order valence-electron chi connectivity index (χ2n) is 6.19. The number of nitrogens with zero attached hydrogens (tertiary/aromatic N) is 2. The van der Waals surface area contributed by atoms with E-state index in [9.17, 15) is 0 Å². The standard InChI is InChI=1S/C18H24N4O2/c1-18(9-6-10-24-18)13-21-17(19-2)20-11-15-12-23-16(22-15)14-7-4-3-5-8-14/h3-5,7-8,12H,6,9-11,13H2,1-2H3,(H2,19,20,21). The Balaban J connectivity index is 1.52. The number of nitrogens with one attached hydrogen (secondary N) is 2.